The Morgan fingerprint density at radius 2 is 2.25 bits per heavy atom. The molecule has 0 radical (unpaired) electrons. The third-order valence-electron chi connectivity index (χ3n) is 3.95. The average Bonchev–Trinajstić information content (AvgIpc) is 2.65. The maximum atomic E-state index is 6.12. The Balaban J connectivity index is 2.09. The van der Waals surface area contributed by atoms with Crippen LogP contribution in [-0.4, -0.2) is 37.7 Å². The molecule has 0 saturated carbocycles. The van der Waals surface area contributed by atoms with Crippen molar-refractivity contribution >= 4 is 11.6 Å². The fraction of sp³-hybridized carbons (Fsp3) is 0.625. The van der Waals surface area contributed by atoms with Gasteiger partial charge in [0.1, 0.15) is 5.75 Å². The van der Waals surface area contributed by atoms with Crippen molar-refractivity contribution in [2.24, 2.45) is 5.92 Å². The van der Waals surface area contributed by atoms with Gasteiger partial charge in [-0.25, -0.2) is 0 Å². The maximum absolute atomic E-state index is 6.12. The van der Waals surface area contributed by atoms with Crippen molar-refractivity contribution in [3.8, 4) is 5.75 Å². The molecule has 1 saturated heterocycles. The lowest BCUT2D eigenvalue weighted by molar-refractivity contribution is 0.235. The minimum atomic E-state index is 0.558. The minimum absolute atomic E-state index is 0.558. The van der Waals surface area contributed by atoms with Crippen LogP contribution < -0.4 is 10.1 Å². The van der Waals surface area contributed by atoms with Gasteiger partial charge in [-0.3, -0.25) is 4.90 Å². The molecule has 20 heavy (non-hydrogen) atoms. The molecule has 1 aliphatic heterocycles. The van der Waals surface area contributed by atoms with Crippen LogP contribution in [0.1, 0.15) is 25.8 Å². The van der Waals surface area contributed by atoms with E-state index in [1.807, 2.05) is 18.2 Å². The van der Waals surface area contributed by atoms with E-state index in [0.717, 1.165) is 37.0 Å². The molecule has 1 fully saturated rings. The quantitative estimate of drug-likeness (QED) is 0.924. The molecule has 1 N–H and O–H groups in total. The van der Waals surface area contributed by atoms with Crippen LogP contribution in [0.2, 0.25) is 5.02 Å². The maximum Gasteiger partial charge on any atom is 0.123 e. The summed E-state index contributed by atoms with van der Waals surface area (Å²) in [6, 6.07) is 6.41. The first-order valence-electron chi connectivity index (χ1n) is 7.38. The van der Waals surface area contributed by atoms with Gasteiger partial charge in [-0.15, -0.1) is 0 Å². The molecule has 1 unspecified atom stereocenters. The van der Waals surface area contributed by atoms with Gasteiger partial charge in [0.05, 0.1) is 7.11 Å². The fourth-order valence-electron chi connectivity index (χ4n) is 2.73. The van der Waals surface area contributed by atoms with Crippen molar-refractivity contribution in [1.29, 1.82) is 0 Å². The summed E-state index contributed by atoms with van der Waals surface area (Å²) in [5.74, 6) is 1.57. The minimum Gasteiger partial charge on any atom is -0.496 e. The van der Waals surface area contributed by atoms with Crippen molar-refractivity contribution in [1.82, 2.24) is 10.2 Å². The summed E-state index contributed by atoms with van der Waals surface area (Å²) in [4.78, 5) is 2.50. The Labute approximate surface area is 127 Å². The predicted octanol–water partition coefficient (Wildman–Crippen LogP) is 3.17. The molecular weight excluding hydrogens is 272 g/mol. The SMILES string of the molecule is COc1ccc(Cl)cc1CN1CCCNC(C(C)C)C1. The smallest absolute Gasteiger partial charge is 0.123 e. The highest BCUT2D eigenvalue weighted by Gasteiger charge is 2.21. The molecule has 2 rings (SSSR count). The first kappa shape index (κ1) is 15.6. The van der Waals surface area contributed by atoms with Crippen molar-refractivity contribution in [2.45, 2.75) is 32.9 Å². The van der Waals surface area contributed by atoms with E-state index in [2.05, 4.69) is 24.1 Å². The monoisotopic (exact) mass is 296 g/mol. The van der Waals surface area contributed by atoms with Crippen LogP contribution in [0, 0.1) is 5.92 Å². The van der Waals surface area contributed by atoms with Crippen molar-refractivity contribution in [3.05, 3.63) is 28.8 Å². The van der Waals surface area contributed by atoms with E-state index in [4.69, 9.17) is 16.3 Å². The molecule has 1 aromatic rings. The van der Waals surface area contributed by atoms with Crippen LogP contribution in [0.5, 0.6) is 5.75 Å². The predicted molar refractivity (Wildman–Crippen MR) is 84.5 cm³/mol. The zero-order valence-electron chi connectivity index (χ0n) is 12.7. The summed E-state index contributed by atoms with van der Waals surface area (Å²) in [5.41, 5.74) is 1.17. The molecule has 0 aromatic heterocycles. The van der Waals surface area contributed by atoms with Crippen molar-refractivity contribution in [3.63, 3.8) is 0 Å². The third-order valence-corrected chi connectivity index (χ3v) is 4.19. The first-order chi connectivity index (χ1) is 9.60. The largest absolute Gasteiger partial charge is 0.496 e. The van der Waals surface area contributed by atoms with Crippen LogP contribution in [0.3, 0.4) is 0 Å². The van der Waals surface area contributed by atoms with Crippen LogP contribution in [0.25, 0.3) is 0 Å². The van der Waals surface area contributed by atoms with E-state index >= 15 is 0 Å². The Hall–Kier alpha value is -0.770. The van der Waals surface area contributed by atoms with E-state index in [1.54, 1.807) is 7.11 Å². The van der Waals surface area contributed by atoms with Gasteiger partial charge >= 0.3 is 0 Å². The van der Waals surface area contributed by atoms with Crippen LogP contribution in [0.15, 0.2) is 18.2 Å². The number of nitrogens with zero attached hydrogens (tertiary/aromatic N) is 1. The zero-order valence-corrected chi connectivity index (χ0v) is 13.4. The van der Waals surface area contributed by atoms with Crippen LogP contribution in [-0.2, 0) is 6.54 Å². The molecule has 112 valence electrons. The highest BCUT2D eigenvalue weighted by Crippen LogP contribution is 2.24. The molecule has 4 heteroatoms. The summed E-state index contributed by atoms with van der Waals surface area (Å²) in [6.45, 7) is 8.75. The molecule has 1 aliphatic rings. The second-order valence-corrected chi connectivity index (χ2v) is 6.29. The van der Waals surface area contributed by atoms with Gasteiger partial charge in [-0.1, -0.05) is 25.4 Å². The van der Waals surface area contributed by atoms with Crippen molar-refractivity contribution in [2.75, 3.05) is 26.7 Å². The number of halogens is 1. The van der Waals surface area contributed by atoms with Gasteiger partial charge in [0.25, 0.3) is 0 Å². The second-order valence-electron chi connectivity index (χ2n) is 5.85. The lowest BCUT2D eigenvalue weighted by atomic mass is 10.0. The first-order valence-corrected chi connectivity index (χ1v) is 7.76. The van der Waals surface area contributed by atoms with Gasteiger partial charge in [-0.05, 0) is 43.6 Å². The van der Waals surface area contributed by atoms with Gasteiger partial charge < -0.3 is 10.1 Å². The summed E-state index contributed by atoms with van der Waals surface area (Å²) in [5, 5.41) is 4.41. The summed E-state index contributed by atoms with van der Waals surface area (Å²) in [6.07, 6.45) is 1.19. The molecule has 0 spiro atoms. The lowest BCUT2D eigenvalue weighted by Crippen LogP contribution is -2.41. The Kier molecular flexibility index (Phi) is 5.70. The van der Waals surface area contributed by atoms with E-state index < -0.39 is 0 Å². The van der Waals surface area contributed by atoms with E-state index in [1.165, 1.54) is 12.0 Å². The van der Waals surface area contributed by atoms with Crippen LogP contribution in [0.4, 0.5) is 0 Å². The number of methoxy groups -OCH3 is 1. The van der Waals surface area contributed by atoms with Gasteiger partial charge in [0.2, 0.25) is 0 Å². The molecule has 1 atom stereocenters. The van der Waals surface area contributed by atoms with Crippen LogP contribution >= 0.6 is 11.6 Å². The Bertz CT molecular complexity index is 436. The number of rotatable bonds is 4. The Morgan fingerprint density at radius 1 is 1.45 bits per heavy atom. The summed E-state index contributed by atoms with van der Waals surface area (Å²) < 4.78 is 5.45. The zero-order chi connectivity index (χ0) is 14.5. The average molecular weight is 297 g/mol. The number of benzene rings is 1. The van der Waals surface area contributed by atoms with E-state index in [0.29, 0.717) is 12.0 Å². The van der Waals surface area contributed by atoms with Gasteiger partial charge in [-0.2, -0.15) is 0 Å². The molecule has 0 bridgehead atoms. The second kappa shape index (κ2) is 7.30. The molecule has 3 nitrogen and oxygen atoms in total. The van der Waals surface area contributed by atoms with Gasteiger partial charge in [0.15, 0.2) is 0 Å². The highest BCUT2D eigenvalue weighted by molar-refractivity contribution is 6.30. The Morgan fingerprint density at radius 3 is 2.95 bits per heavy atom. The molecule has 0 aliphatic carbocycles. The summed E-state index contributed by atoms with van der Waals surface area (Å²) >= 11 is 6.12. The van der Waals surface area contributed by atoms with Crippen molar-refractivity contribution < 1.29 is 4.74 Å². The molecular formula is C16H25ClN2O. The number of nitrogens with one attached hydrogen (secondary N) is 1. The van der Waals surface area contributed by atoms with Gasteiger partial charge in [0, 0.05) is 29.7 Å². The molecule has 1 heterocycles. The normalized spacial score (nSPS) is 20.9. The number of ether oxygens (including phenoxy) is 1. The highest BCUT2D eigenvalue weighted by atomic mass is 35.5. The lowest BCUT2D eigenvalue weighted by Gasteiger charge is -2.27. The van der Waals surface area contributed by atoms with E-state index in [-0.39, 0.29) is 0 Å². The standard InChI is InChI=1S/C16H25ClN2O/c1-12(2)15-11-19(8-4-7-18-15)10-13-9-14(17)5-6-16(13)20-3/h5-6,9,12,15,18H,4,7-8,10-11H2,1-3H3. The summed E-state index contributed by atoms with van der Waals surface area (Å²) in [7, 11) is 1.72. The van der Waals surface area contributed by atoms with E-state index in [9.17, 15) is 0 Å². The molecule has 1 aromatic carbocycles. The molecule has 0 amide bonds. The third kappa shape index (κ3) is 4.11. The number of hydrogen-bond donors (Lipinski definition) is 1. The topological polar surface area (TPSA) is 24.5 Å². The fourth-order valence-corrected chi connectivity index (χ4v) is 2.92. The number of hydrogen-bond acceptors (Lipinski definition) is 3.